The summed E-state index contributed by atoms with van der Waals surface area (Å²) < 4.78 is 0. The highest BCUT2D eigenvalue weighted by Crippen LogP contribution is 2.34. The van der Waals surface area contributed by atoms with Crippen molar-refractivity contribution >= 4 is 63.3 Å². The van der Waals surface area contributed by atoms with Gasteiger partial charge >= 0.3 is 0 Å². The lowest BCUT2D eigenvalue weighted by molar-refractivity contribution is 1.09. The van der Waals surface area contributed by atoms with Gasteiger partial charge in [0.2, 0.25) is 5.95 Å². The molecule has 0 fully saturated rings. The van der Waals surface area contributed by atoms with Crippen molar-refractivity contribution in [1.82, 2.24) is 20.2 Å². The van der Waals surface area contributed by atoms with Crippen LogP contribution in [-0.2, 0) is 0 Å². The number of anilines is 3. The van der Waals surface area contributed by atoms with E-state index < -0.39 is 0 Å². The highest BCUT2D eigenvalue weighted by atomic mass is 35.5. The van der Waals surface area contributed by atoms with Crippen molar-refractivity contribution in [1.29, 1.82) is 0 Å². The lowest BCUT2D eigenvalue weighted by Gasteiger charge is -2.10. The predicted octanol–water partition coefficient (Wildman–Crippen LogP) is 4.10. The third kappa shape index (κ3) is 2.70. The number of nitrogens with zero attached hydrogens (tertiary/aromatic N) is 3. The molecule has 1 aromatic carbocycles. The van der Waals surface area contributed by atoms with Gasteiger partial charge in [-0.25, -0.2) is 0 Å². The second-order valence-corrected chi connectivity index (χ2v) is 5.37. The van der Waals surface area contributed by atoms with Crippen molar-refractivity contribution in [3.8, 4) is 0 Å². The third-order valence-electron chi connectivity index (χ3n) is 2.80. The number of aromatic nitrogens is 4. The molecular formula is C12H9Cl3N6. The van der Waals surface area contributed by atoms with E-state index in [9.17, 15) is 0 Å². The van der Waals surface area contributed by atoms with Crippen molar-refractivity contribution in [2.24, 2.45) is 0 Å². The van der Waals surface area contributed by atoms with Crippen LogP contribution in [0.3, 0.4) is 0 Å². The molecule has 2 heterocycles. The predicted molar refractivity (Wildman–Crippen MR) is 86.0 cm³/mol. The Morgan fingerprint density at radius 2 is 1.81 bits per heavy atom. The average molecular weight is 344 g/mol. The first-order valence-corrected chi connectivity index (χ1v) is 7.02. The maximum atomic E-state index is 6.16. The summed E-state index contributed by atoms with van der Waals surface area (Å²) in [5.74, 6) is 1.00. The summed E-state index contributed by atoms with van der Waals surface area (Å²) in [4.78, 5) is 8.60. The standard InChI is InChI=1S/C12H9Cl3N6/c1-16-12-19-10(5-4-17-21-11(5)20-12)18-9-3-7(14)6(13)2-8(9)15/h2-4H,1H3,(H3,16,17,18,19,20,21). The zero-order valence-electron chi connectivity index (χ0n) is 10.7. The molecule has 6 nitrogen and oxygen atoms in total. The van der Waals surface area contributed by atoms with E-state index in [2.05, 4.69) is 30.8 Å². The van der Waals surface area contributed by atoms with Crippen LogP contribution in [0.2, 0.25) is 15.1 Å². The Balaban J connectivity index is 2.09. The molecule has 2 aromatic heterocycles. The largest absolute Gasteiger partial charge is 0.357 e. The van der Waals surface area contributed by atoms with Crippen LogP contribution in [0.15, 0.2) is 18.3 Å². The molecule has 0 spiro atoms. The van der Waals surface area contributed by atoms with Crippen molar-refractivity contribution in [2.75, 3.05) is 17.7 Å². The molecule has 0 aliphatic carbocycles. The van der Waals surface area contributed by atoms with Crippen LogP contribution < -0.4 is 10.6 Å². The number of rotatable bonds is 3. The van der Waals surface area contributed by atoms with Gasteiger partial charge in [-0.3, -0.25) is 5.10 Å². The van der Waals surface area contributed by atoms with Gasteiger partial charge in [0.15, 0.2) is 5.65 Å². The minimum Gasteiger partial charge on any atom is -0.357 e. The summed E-state index contributed by atoms with van der Waals surface area (Å²) in [7, 11) is 1.73. The Kier molecular flexibility index (Phi) is 3.75. The molecule has 0 unspecified atom stereocenters. The van der Waals surface area contributed by atoms with Gasteiger partial charge < -0.3 is 10.6 Å². The molecule has 108 valence electrons. The normalized spacial score (nSPS) is 10.9. The second kappa shape index (κ2) is 5.55. The van der Waals surface area contributed by atoms with Crippen LogP contribution in [0.5, 0.6) is 0 Å². The van der Waals surface area contributed by atoms with Gasteiger partial charge in [-0.1, -0.05) is 34.8 Å². The van der Waals surface area contributed by atoms with Crippen molar-refractivity contribution < 1.29 is 0 Å². The zero-order valence-corrected chi connectivity index (χ0v) is 13.0. The number of aromatic amines is 1. The van der Waals surface area contributed by atoms with Crippen LogP contribution in [-0.4, -0.2) is 27.2 Å². The summed E-state index contributed by atoms with van der Waals surface area (Å²) in [6.07, 6.45) is 1.63. The van der Waals surface area contributed by atoms with E-state index in [0.717, 1.165) is 5.39 Å². The number of H-pyrrole nitrogens is 1. The molecule has 0 aliphatic heterocycles. The fraction of sp³-hybridized carbons (Fsp3) is 0.0833. The summed E-state index contributed by atoms with van der Waals surface area (Å²) in [6.45, 7) is 0. The van der Waals surface area contributed by atoms with E-state index in [1.807, 2.05) is 0 Å². The second-order valence-electron chi connectivity index (χ2n) is 4.15. The van der Waals surface area contributed by atoms with Crippen molar-refractivity contribution in [3.63, 3.8) is 0 Å². The van der Waals surface area contributed by atoms with Crippen LogP contribution in [0.1, 0.15) is 0 Å². The van der Waals surface area contributed by atoms with Gasteiger partial charge in [0.25, 0.3) is 0 Å². The van der Waals surface area contributed by atoms with E-state index >= 15 is 0 Å². The third-order valence-corrected chi connectivity index (χ3v) is 3.83. The molecule has 0 saturated carbocycles. The van der Waals surface area contributed by atoms with E-state index in [1.165, 1.54) is 0 Å². The number of hydrogen-bond acceptors (Lipinski definition) is 5. The minimum absolute atomic E-state index is 0.388. The summed E-state index contributed by atoms with van der Waals surface area (Å²) in [5, 5.41) is 14.7. The smallest absolute Gasteiger partial charge is 0.226 e. The van der Waals surface area contributed by atoms with Crippen LogP contribution >= 0.6 is 34.8 Å². The van der Waals surface area contributed by atoms with Crippen molar-refractivity contribution in [3.05, 3.63) is 33.4 Å². The maximum absolute atomic E-state index is 6.16. The Morgan fingerprint density at radius 1 is 1.05 bits per heavy atom. The number of nitrogens with one attached hydrogen (secondary N) is 3. The van der Waals surface area contributed by atoms with E-state index in [4.69, 9.17) is 34.8 Å². The monoisotopic (exact) mass is 342 g/mol. The lowest BCUT2D eigenvalue weighted by Crippen LogP contribution is -2.01. The molecule has 0 saturated heterocycles. The minimum atomic E-state index is 0.388. The fourth-order valence-corrected chi connectivity index (χ4v) is 2.38. The number of fused-ring (bicyclic) bond motifs is 1. The Morgan fingerprint density at radius 3 is 2.57 bits per heavy atom. The molecule has 3 N–H and O–H groups in total. The molecule has 0 radical (unpaired) electrons. The fourth-order valence-electron chi connectivity index (χ4n) is 1.79. The van der Waals surface area contributed by atoms with E-state index in [0.29, 0.717) is 38.2 Å². The first-order valence-electron chi connectivity index (χ1n) is 5.89. The molecule has 3 rings (SSSR count). The van der Waals surface area contributed by atoms with E-state index in [1.54, 1.807) is 25.4 Å². The highest BCUT2D eigenvalue weighted by Gasteiger charge is 2.12. The number of benzene rings is 1. The molecular weight excluding hydrogens is 335 g/mol. The highest BCUT2D eigenvalue weighted by molar-refractivity contribution is 6.44. The first kappa shape index (κ1) is 14.2. The van der Waals surface area contributed by atoms with Crippen LogP contribution in [0.25, 0.3) is 11.0 Å². The average Bonchev–Trinajstić information content (AvgIpc) is 2.93. The maximum Gasteiger partial charge on any atom is 0.226 e. The quantitative estimate of drug-likeness (QED) is 0.624. The molecule has 0 atom stereocenters. The van der Waals surface area contributed by atoms with Gasteiger partial charge in [0.1, 0.15) is 5.82 Å². The Bertz CT molecular complexity index is 816. The zero-order chi connectivity index (χ0) is 15.0. The first-order chi connectivity index (χ1) is 10.1. The van der Waals surface area contributed by atoms with Crippen LogP contribution in [0, 0.1) is 0 Å². The summed E-state index contributed by atoms with van der Waals surface area (Å²) >= 11 is 18.1. The van der Waals surface area contributed by atoms with Gasteiger partial charge in [-0.15, -0.1) is 0 Å². The van der Waals surface area contributed by atoms with Gasteiger partial charge in [-0.05, 0) is 12.1 Å². The Labute approximate surface area is 134 Å². The molecule has 0 aliphatic rings. The topological polar surface area (TPSA) is 78.5 Å². The summed E-state index contributed by atoms with van der Waals surface area (Å²) in [6, 6.07) is 3.21. The van der Waals surface area contributed by atoms with Gasteiger partial charge in [0, 0.05) is 7.05 Å². The SMILES string of the molecule is CNc1nc(Nc2cc(Cl)c(Cl)cc2Cl)c2cn[nH]c2n1. The molecule has 0 bridgehead atoms. The Hall–Kier alpha value is -1.76. The summed E-state index contributed by atoms with van der Waals surface area (Å²) in [5.41, 5.74) is 1.20. The molecule has 9 heteroatoms. The lowest BCUT2D eigenvalue weighted by atomic mass is 10.3. The molecule has 0 amide bonds. The van der Waals surface area contributed by atoms with Gasteiger partial charge in [0.05, 0.1) is 32.3 Å². The van der Waals surface area contributed by atoms with Crippen LogP contribution in [0.4, 0.5) is 17.5 Å². The van der Waals surface area contributed by atoms with Crippen molar-refractivity contribution in [2.45, 2.75) is 0 Å². The van der Waals surface area contributed by atoms with E-state index in [-0.39, 0.29) is 0 Å². The number of halogens is 3. The number of hydrogen-bond donors (Lipinski definition) is 3. The van der Waals surface area contributed by atoms with Gasteiger partial charge in [-0.2, -0.15) is 15.1 Å². The molecule has 3 aromatic rings. The molecule has 21 heavy (non-hydrogen) atoms.